The summed E-state index contributed by atoms with van der Waals surface area (Å²) >= 11 is 0. The molecule has 2 rings (SSSR count). The molecule has 29 heavy (non-hydrogen) atoms. The van der Waals surface area contributed by atoms with Gasteiger partial charge >= 0.3 is 0 Å². The molecule has 0 heterocycles. The van der Waals surface area contributed by atoms with Crippen LogP contribution in [0.3, 0.4) is 0 Å². The molecule has 2 aromatic rings. The minimum atomic E-state index is -3.76. The SMILES string of the molecule is Cc1ccc(S(=O)(=O)N(C)CC(=O)Nc2ccc(C(=O)NC(C)(C)C)cc2)cc1. The molecule has 2 aromatic carbocycles. The maximum Gasteiger partial charge on any atom is 0.251 e. The van der Waals surface area contributed by atoms with Gasteiger partial charge in [-0.2, -0.15) is 4.31 Å². The topological polar surface area (TPSA) is 95.6 Å². The molecule has 7 nitrogen and oxygen atoms in total. The Morgan fingerprint density at radius 3 is 2.03 bits per heavy atom. The first-order valence-electron chi connectivity index (χ1n) is 9.14. The summed E-state index contributed by atoms with van der Waals surface area (Å²) in [6.07, 6.45) is 0. The van der Waals surface area contributed by atoms with Crippen molar-refractivity contribution in [1.82, 2.24) is 9.62 Å². The van der Waals surface area contributed by atoms with Crippen molar-refractivity contribution in [2.75, 3.05) is 18.9 Å². The van der Waals surface area contributed by atoms with Gasteiger partial charge in [0, 0.05) is 23.8 Å². The highest BCUT2D eigenvalue weighted by Crippen LogP contribution is 2.16. The third-order valence-corrected chi connectivity index (χ3v) is 5.83. The van der Waals surface area contributed by atoms with Crippen LogP contribution in [0.1, 0.15) is 36.7 Å². The van der Waals surface area contributed by atoms with Crippen LogP contribution >= 0.6 is 0 Å². The van der Waals surface area contributed by atoms with Gasteiger partial charge in [0.15, 0.2) is 0 Å². The zero-order chi connectivity index (χ0) is 21.8. The number of hydrogen-bond donors (Lipinski definition) is 2. The van der Waals surface area contributed by atoms with Crippen LogP contribution in [0, 0.1) is 6.92 Å². The number of rotatable bonds is 6. The van der Waals surface area contributed by atoms with E-state index in [9.17, 15) is 18.0 Å². The molecule has 0 aromatic heterocycles. The predicted molar refractivity (Wildman–Crippen MR) is 113 cm³/mol. The molecule has 0 aliphatic rings. The number of anilines is 1. The first-order valence-corrected chi connectivity index (χ1v) is 10.6. The summed E-state index contributed by atoms with van der Waals surface area (Å²) in [5, 5.41) is 5.50. The van der Waals surface area contributed by atoms with E-state index in [1.54, 1.807) is 36.4 Å². The smallest absolute Gasteiger partial charge is 0.251 e. The summed E-state index contributed by atoms with van der Waals surface area (Å²) in [6, 6.07) is 12.8. The molecular weight excluding hydrogens is 390 g/mol. The third kappa shape index (κ3) is 6.40. The molecule has 0 atom stereocenters. The molecule has 0 spiro atoms. The van der Waals surface area contributed by atoms with Crippen molar-refractivity contribution in [3.63, 3.8) is 0 Å². The van der Waals surface area contributed by atoms with Gasteiger partial charge in [-0.05, 0) is 64.1 Å². The zero-order valence-electron chi connectivity index (χ0n) is 17.3. The van der Waals surface area contributed by atoms with E-state index in [0.717, 1.165) is 9.87 Å². The number of nitrogens with zero attached hydrogens (tertiary/aromatic N) is 1. The summed E-state index contributed by atoms with van der Waals surface area (Å²) in [4.78, 5) is 24.5. The van der Waals surface area contributed by atoms with E-state index in [1.165, 1.54) is 19.2 Å². The lowest BCUT2D eigenvalue weighted by Gasteiger charge is -2.20. The number of carbonyl (C=O) groups excluding carboxylic acids is 2. The van der Waals surface area contributed by atoms with Crippen molar-refractivity contribution in [3.05, 3.63) is 59.7 Å². The summed E-state index contributed by atoms with van der Waals surface area (Å²) in [5.41, 5.74) is 1.54. The molecule has 0 aliphatic heterocycles. The average Bonchev–Trinajstić information content (AvgIpc) is 2.61. The highest BCUT2D eigenvalue weighted by molar-refractivity contribution is 7.89. The van der Waals surface area contributed by atoms with Gasteiger partial charge in [0.05, 0.1) is 11.4 Å². The molecule has 8 heteroatoms. The number of amides is 2. The molecule has 2 amide bonds. The maximum absolute atomic E-state index is 12.6. The molecule has 0 bridgehead atoms. The van der Waals surface area contributed by atoms with Crippen molar-refractivity contribution in [1.29, 1.82) is 0 Å². The fraction of sp³-hybridized carbons (Fsp3) is 0.333. The summed E-state index contributed by atoms with van der Waals surface area (Å²) in [5.74, 6) is -0.686. The summed E-state index contributed by atoms with van der Waals surface area (Å²) < 4.78 is 26.1. The Labute approximate surface area is 172 Å². The van der Waals surface area contributed by atoms with Gasteiger partial charge in [-0.15, -0.1) is 0 Å². The molecule has 2 N–H and O–H groups in total. The van der Waals surface area contributed by atoms with Gasteiger partial charge in [-0.3, -0.25) is 9.59 Å². The van der Waals surface area contributed by atoms with E-state index in [0.29, 0.717) is 11.3 Å². The molecule has 0 unspecified atom stereocenters. The van der Waals surface area contributed by atoms with Gasteiger partial charge in [-0.1, -0.05) is 17.7 Å². The number of aryl methyl sites for hydroxylation is 1. The number of nitrogens with one attached hydrogen (secondary N) is 2. The summed E-state index contributed by atoms with van der Waals surface area (Å²) in [6.45, 7) is 7.20. The Balaban J connectivity index is 1.99. The minimum absolute atomic E-state index is 0.132. The molecule has 0 saturated carbocycles. The van der Waals surface area contributed by atoms with Crippen LogP contribution in [0.5, 0.6) is 0 Å². The lowest BCUT2D eigenvalue weighted by atomic mass is 10.1. The largest absolute Gasteiger partial charge is 0.347 e. The van der Waals surface area contributed by atoms with E-state index in [4.69, 9.17) is 0 Å². The van der Waals surface area contributed by atoms with Gasteiger partial charge in [0.25, 0.3) is 5.91 Å². The van der Waals surface area contributed by atoms with Gasteiger partial charge in [0.1, 0.15) is 0 Å². The van der Waals surface area contributed by atoms with E-state index in [-0.39, 0.29) is 22.9 Å². The van der Waals surface area contributed by atoms with Crippen LogP contribution in [0.4, 0.5) is 5.69 Å². The Morgan fingerprint density at radius 1 is 0.966 bits per heavy atom. The number of benzene rings is 2. The second-order valence-corrected chi connectivity index (χ2v) is 9.95. The number of carbonyl (C=O) groups is 2. The molecule has 0 fully saturated rings. The Hall–Kier alpha value is -2.71. The van der Waals surface area contributed by atoms with E-state index < -0.39 is 15.9 Å². The number of hydrogen-bond acceptors (Lipinski definition) is 4. The van der Waals surface area contributed by atoms with Gasteiger partial charge in [-0.25, -0.2) is 8.42 Å². The normalized spacial score (nSPS) is 11.9. The Bertz CT molecular complexity index is 976. The van der Waals surface area contributed by atoms with Crippen LogP contribution in [-0.2, 0) is 14.8 Å². The predicted octanol–water partition coefficient (Wildman–Crippen LogP) is 2.78. The Kier molecular flexibility index (Phi) is 6.81. The van der Waals surface area contributed by atoms with Crippen LogP contribution in [0.25, 0.3) is 0 Å². The fourth-order valence-corrected chi connectivity index (χ4v) is 3.62. The monoisotopic (exact) mass is 417 g/mol. The van der Waals surface area contributed by atoms with Crippen molar-refractivity contribution < 1.29 is 18.0 Å². The minimum Gasteiger partial charge on any atom is -0.347 e. The van der Waals surface area contributed by atoms with E-state index in [2.05, 4.69) is 10.6 Å². The number of likely N-dealkylation sites (N-methyl/N-ethyl adjacent to an activating group) is 1. The quantitative estimate of drug-likeness (QED) is 0.755. The van der Waals surface area contributed by atoms with Crippen LogP contribution in [0.15, 0.2) is 53.4 Å². The van der Waals surface area contributed by atoms with Gasteiger partial charge in [0.2, 0.25) is 15.9 Å². The van der Waals surface area contributed by atoms with Crippen LogP contribution in [0.2, 0.25) is 0 Å². The molecule has 0 radical (unpaired) electrons. The maximum atomic E-state index is 12.6. The third-order valence-electron chi connectivity index (χ3n) is 4.01. The Morgan fingerprint density at radius 2 is 1.52 bits per heavy atom. The second-order valence-electron chi connectivity index (χ2n) is 7.90. The van der Waals surface area contributed by atoms with E-state index >= 15 is 0 Å². The lowest BCUT2D eigenvalue weighted by molar-refractivity contribution is -0.116. The van der Waals surface area contributed by atoms with Crippen molar-refractivity contribution in [2.45, 2.75) is 38.1 Å². The highest BCUT2D eigenvalue weighted by Gasteiger charge is 2.23. The van der Waals surface area contributed by atoms with Crippen molar-refractivity contribution in [3.8, 4) is 0 Å². The highest BCUT2D eigenvalue weighted by atomic mass is 32.2. The number of sulfonamides is 1. The summed E-state index contributed by atoms with van der Waals surface area (Å²) in [7, 11) is -2.40. The van der Waals surface area contributed by atoms with Crippen LogP contribution in [-0.4, -0.2) is 43.7 Å². The first kappa shape index (κ1) is 22.6. The van der Waals surface area contributed by atoms with Crippen LogP contribution < -0.4 is 10.6 Å². The second kappa shape index (κ2) is 8.75. The molecule has 0 saturated heterocycles. The first-order chi connectivity index (χ1) is 13.4. The van der Waals surface area contributed by atoms with E-state index in [1.807, 2.05) is 27.7 Å². The van der Waals surface area contributed by atoms with Crippen molar-refractivity contribution in [2.24, 2.45) is 0 Å². The van der Waals surface area contributed by atoms with Crippen molar-refractivity contribution >= 4 is 27.5 Å². The molecular formula is C21H27N3O4S. The zero-order valence-corrected chi connectivity index (χ0v) is 18.1. The van der Waals surface area contributed by atoms with Gasteiger partial charge < -0.3 is 10.6 Å². The molecule has 156 valence electrons. The molecule has 0 aliphatic carbocycles. The fourth-order valence-electron chi connectivity index (χ4n) is 2.50. The average molecular weight is 418 g/mol. The standard InChI is InChI=1S/C21H27N3O4S/c1-15-6-12-18(13-7-15)29(27,28)24(5)14-19(25)22-17-10-8-16(9-11-17)20(26)23-21(2,3)4/h6-13H,14H2,1-5H3,(H,22,25)(H,23,26). The lowest BCUT2D eigenvalue weighted by Crippen LogP contribution is -2.40.